The average molecular weight is 434 g/mol. The Bertz CT molecular complexity index is 474. The molecule has 0 unspecified atom stereocenters. The first-order chi connectivity index (χ1) is 10.3. The molecule has 1 aliphatic heterocycles. The largest absolute Gasteiger partial charge is 0.455 e. The van der Waals surface area contributed by atoms with Crippen LogP contribution in [0.15, 0.2) is 11.6 Å². The first-order valence-corrected chi connectivity index (χ1v) is 12.0. The fourth-order valence-corrected chi connectivity index (χ4v) is 3.86. The first-order valence-electron chi connectivity index (χ1n) is 7.94. The maximum absolute atomic E-state index is 11.8. The Kier molecular flexibility index (Phi) is 8.15. The van der Waals surface area contributed by atoms with Crippen LogP contribution in [0.25, 0.3) is 0 Å². The molecule has 22 heavy (non-hydrogen) atoms. The molecule has 0 saturated carbocycles. The van der Waals surface area contributed by atoms with Crippen LogP contribution in [0.2, 0.25) is 18.6 Å². The molecule has 0 spiro atoms. The third-order valence-electron chi connectivity index (χ3n) is 4.19. The van der Waals surface area contributed by atoms with Gasteiger partial charge in [0.1, 0.15) is 6.10 Å². The van der Waals surface area contributed by atoms with Crippen LogP contribution in [0.3, 0.4) is 0 Å². The standard InChI is InChI=1S/C17H27IO3Si/c1-13(2)22(4,5)21-16(9-7-6-8-10-18)12-15-11-14(3)20-17(15)19/h11,13-14,16H,6-7,9,12H2,1-5H3/t14-,16+/m0/s1. The van der Waals surface area contributed by atoms with E-state index in [0.717, 1.165) is 24.8 Å². The number of cyclic esters (lactones) is 1. The lowest BCUT2D eigenvalue weighted by atomic mass is 10.0. The highest BCUT2D eigenvalue weighted by Crippen LogP contribution is 2.28. The van der Waals surface area contributed by atoms with Crippen LogP contribution < -0.4 is 0 Å². The average Bonchev–Trinajstić information content (AvgIpc) is 2.72. The number of hydrogen-bond acceptors (Lipinski definition) is 3. The number of halogens is 1. The van der Waals surface area contributed by atoms with E-state index in [1.165, 1.54) is 0 Å². The van der Waals surface area contributed by atoms with Gasteiger partial charge in [0.05, 0.1) is 0 Å². The molecular weight excluding hydrogens is 407 g/mol. The summed E-state index contributed by atoms with van der Waals surface area (Å²) in [5, 5.41) is 0. The Morgan fingerprint density at radius 1 is 1.45 bits per heavy atom. The fraction of sp³-hybridized carbons (Fsp3) is 0.706. The van der Waals surface area contributed by atoms with Gasteiger partial charge in [-0.3, -0.25) is 0 Å². The Labute approximate surface area is 149 Å². The van der Waals surface area contributed by atoms with Gasteiger partial charge >= 0.3 is 5.97 Å². The molecule has 0 aromatic heterocycles. The lowest BCUT2D eigenvalue weighted by Gasteiger charge is -2.32. The van der Waals surface area contributed by atoms with E-state index >= 15 is 0 Å². The van der Waals surface area contributed by atoms with Crippen molar-refractivity contribution < 1.29 is 14.0 Å². The van der Waals surface area contributed by atoms with Crippen molar-refractivity contribution in [1.82, 2.24) is 0 Å². The van der Waals surface area contributed by atoms with E-state index in [9.17, 15) is 4.79 Å². The molecule has 1 heterocycles. The van der Waals surface area contributed by atoms with Gasteiger partial charge in [-0.1, -0.05) is 19.8 Å². The first kappa shape index (κ1) is 19.7. The zero-order chi connectivity index (χ0) is 16.8. The lowest BCUT2D eigenvalue weighted by molar-refractivity contribution is -0.139. The summed E-state index contributed by atoms with van der Waals surface area (Å²) in [5.41, 5.74) is 1.32. The minimum atomic E-state index is -1.74. The second-order valence-corrected chi connectivity index (χ2v) is 11.8. The van der Waals surface area contributed by atoms with Gasteiger partial charge in [-0.2, -0.15) is 0 Å². The maximum atomic E-state index is 11.8. The fourth-order valence-electron chi connectivity index (χ4n) is 2.26. The highest BCUT2D eigenvalue weighted by atomic mass is 127. The van der Waals surface area contributed by atoms with Crippen LogP contribution in [0.5, 0.6) is 0 Å². The van der Waals surface area contributed by atoms with Crippen molar-refractivity contribution in [2.75, 3.05) is 0 Å². The van der Waals surface area contributed by atoms with Crippen molar-refractivity contribution in [2.24, 2.45) is 0 Å². The van der Waals surface area contributed by atoms with E-state index in [1.54, 1.807) is 0 Å². The van der Waals surface area contributed by atoms with Crippen LogP contribution in [0, 0.1) is 9.85 Å². The molecule has 0 amide bonds. The summed E-state index contributed by atoms with van der Waals surface area (Å²) >= 11 is 2.06. The zero-order valence-corrected chi connectivity index (χ0v) is 17.4. The van der Waals surface area contributed by atoms with Crippen molar-refractivity contribution in [3.05, 3.63) is 11.6 Å². The molecule has 0 aliphatic carbocycles. The SMILES string of the molecule is CC(C)[Si](C)(C)O[C@H](CCCC#CI)CC1=C[C@H](C)OC1=O. The van der Waals surface area contributed by atoms with E-state index in [2.05, 4.69) is 59.4 Å². The Morgan fingerprint density at radius 3 is 2.64 bits per heavy atom. The van der Waals surface area contributed by atoms with Crippen molar-refractivity contribution in [3.63, 3.8) is 0 Å². The summed E-state index contributed by atoms with van der Waals surface area (Å²) in [6, 6.07) is 0. The highest BCUT2D eigenvalue weighted by molar-refractivity contribution is 14.1. The number of rotatable bonds is 8. The van der Waals surface area contributed by atoms with Gasteiger partial charge in [0.25, 0.3) is 0 Å². The molecule has 0 aromatic rings. The molecule has 2 atom stereocenters. The van der Waals surface area contributed by atoms with E-state index < -0.39 is 8.32 Å². The van der Waals surface area contributed by atoms with Crippen LogP contribution in [-0.2, 0) is 14.0 Å². The smallest absolute Gasteiger partial charge is 0.334 e. The van der Waals surface area contributed by atoms with Crippen molar-refractivity contribution >= 4 is 36.9 Å². The number of carbonyl (C=O) groups is 1. The number of esters is 1. The molecule has 3 nitrogen and oxygen atoms in total. The summed E-state index contributed by atoms with van der Waals surface area (Å²) in [6.07, 6.45) is 5.38. The summed E-state index contributed by atoms with van der Waals surface area (Å²) in [5.74, 6) is 2.90. The van der Waals surface area contributed by atoms with Crippen molar-refractivity contribution in [1.29, 1.82) is 0 Å². The predicted octanol–water partition coefficient (Wildman–Crippen LogP) is 4.81. The summed E-state index contributed by atoms with van der Waals surface area (Å²) in [6.45, 7) is 10.8. The van der Waals surface area contributed by atoms with E-state index in [-0.39, 0.29) is 18.2 Å². The monoisotopic (exact) mass is 434 g/mol. The van der Waals surface area contributed by atoms with E-state index in [1.807, 2.05) is 13.0 Å². The quantitative estimate of drug-likeness (QED) is 0.181. The van der Waals surface area contributed by atoms with Crippen LogP contribution in [0.4, 0.5) is 0 Å². The molecule has 5 heteroatoms. The van der Waals surface area contributed by atoms with Gasteiger partial charge in [-0.25, -0.2) is 4.79 Å². The molecule has 1 aliphatic rings. The zero-order valence-electron chi connectivity index (χ0n) is 14.2. The van der Waals surface area contributed by atoms with Gasteiger partial charge in [0.15, 0.2) is 8.32 Å². The number of unbranched alkanes of at least 4 members (excludes halogenated alkanes) is 1. The van der Waals surface area contributed by atoms with Crippen LogP contribution in [0.1, 0.15) is 46.5 Å². The van der Waals surface area contributed by atoms with Gasteiger partial charge in [0, 0.05) is 47.1 Å². The molecule has 124 valence electrons. The molecule has 1 rings (SSSR count). The Hall–Kier alpha value is -0.323. The second kappa shape index (κ2) is 9.09. The molecule has 0 N–H and O–H groups in total. The molecular formula is C17H27IO3Si. The normalized spacial score (nSPS) is 19.5. The second-order valence-electron chi connectivity index (χ2n) is 6.67. The third kappa shape index (κ3) is 6.43. The molecule has 0 bridgehead atoms. The van der Waals surface area contributed by atoms with Crippen LogP contribution in [-0.4, -0.2) is 26.5 Å². The van der Waals surface area contributed by atoms with Gasteiger partial charge in [-0.05, 0) is 48.4 Å². The summed E-state index contributed by atoms with van der Waals surface area (Å²) < 4.78 is 14.6. The predicted molar refractivity (Wildman–Crippen MR) is 101 cm³/mol. The van der Waals surface area contributed by atoms with Gasteiger partial charge < -0.3 is 9.16 Å². The number of ether oxygens (including phenoxy) is 1. The van der Waals surface area contributed by atoms with E-state index in [4.69, 9.17) is 9.16 Å². The Morgan fingerprint density at radius 2 is 2.14 bits per heavy atom. The molecule has 0 aromatic carbocycles. The lowest BCUT2D eigenvalue weighted by Crippen LogP contribution is -2.38. The van der Waals surface area contributed by atoms with E-state index in [0.29, 0.717) is 12.0 Å². The summed E-state index contributed by atoms with van der Waals surface area (Å²) in [7, 11) is -1.74. The molecule has 0 radical (unpaired) electrons. The van der Waals surface area contributed by atoms with Gasteiger partial charge in [-0.15, -0.1) is 0 Å². The number of carbonyl (C=O) groups excluding carboxylic acids is 1. The number of hydrogen-bond donors (Lipinski definition) is 0. The van der Waals surface area contributed by atoms with Crippen LogP contribution >= 0.6 is 22.6 Å². The minimum absolute atomic E-state index is 0.0872. The minimum Gasteiger partial charge on any atom is -0.455 e. The Balaban J connectivity index is 2.70. The van der Waals surface area contributed by atoms with Crippen molar-refractivity contribution in [3.8, 4) is 9.85 Å². The van der Waals surface area contributed by atoms with Crippen molar-refractivity contribution in [2.45, 2.75) is 77.3 Å². The van der Waals surface area contributed by atoms with Gasteiger partial charge in [0.2, 0.25) is 0 Å². The molecule has 0 saturated heterocycles. The summed E-state index contributed by atoms with van der Waals surface area (Å²) in [4.78, 5) is 11.8. The topological polar surface area (TPSA) is 35.5 Å². The highest BCUT2D eigenvalue weighted by Gasteiger charge is 2.32. The maximum Gasteiger partial charge on any atom is 0.334 e. The third-order valence-corrected chi connectivity index (χ3v) is 8.30. The molecule has 0 fully saturated rings.